The van der Waals surface area contributed by atoms with Crippen LogP contribution in [0, 0.1) is 6.92 Å². The van der Waals surface area contributed by atoms with Crippen LogP contribution >= 0.6 is 0 Å². The first-order valence-electron chi connectivity index (χ1n) is 7.98. The van der Waals surface area contributed by atoms with Gasteiger partial charge < -0.3 is 13.9 Å². The molecule has 1 aliphatic carbocycles. The Morgan fingerprint density at radius 1 is 1.23 bits per heavy atom. The number of aromatic nitrogens is 1. The van der Waals surface area contributed by atoms with E-state index in [1.54, 1.807) is 7.11 Å². The monoisotopic (exact) mass is 301 g/mol. The second-order valence-corrected chi connectivity index (χ2v) is 5.82. The molecule has 118 valence electrons. The summed E-state index contributed by atoms with van der Waals surface area (Å²) in [5, 5.41) is 0. The number of ether oxygens (including phenoxy) is 2. The van der Waals surface area contributed by atoms with E-state index in [0.29, 0.717) is 18.6 Å². The van der Waals surface area contributed by atoms with Crippen molar-refractivity contribution in [2.75, 3.05) is 7.11 Å². The molecule has 22 heavy (non-hydrogen) atoms. The number of hydrogen-bond donors (Lipinski definition) is 0. The molecule has 1 aliphatic rings. The first-order valence-corrected chi connectivity index (χ1v) is 7.98. The van der Waals surface area contributed by atoms with Crippen LogP contribution in [-0.2, 0) is 11.3 Å². The third-order valence-electron chi connectivity index (χ3n) is 4.22. The maximum absolute atomic E-state index is 6.00. The fourth-order valence-electron chi connectivity index (χ4n) is 2.87. The predicted octanol–water partition coefficient (Wildman–Crippen LogP) is 4.51. The van der Waals surface area contributed by atoms with E-state index < -0.39 is 0 Å². The van der Waals surface area contributed by atoms with Gasteiger partial charge in [0.1, 0.15) is 17.2 Å². The van der Waals surface area contributed by atoms with Gasteiger partial charge in [0.25, 0.3) is 0 Å². The molecule has 4 heteroatoms. The number of nitrogens with zero attached hydrogens (tertiary/aromatic N) is 1. The quantitative estimate of drug-likeness (QED) is 0.815. The van der Waals surface area contributed by atoms with Gasteiger partial charge >= 0.3 is 0 Å². The summed E-state index contributed by atoms with van der Waals surface area (Å²) in [7, 11) is 1.66. The Labute approximate surface area is 131 Å². The van der Waals surface area contributed by atoms with Gasteiger partial charge in [-0.3, -0.25) is 0 Å². The average molecular weight is 301 g/mol. The highest BCUT2D eigenvalue weighted by atomic mass is 16.5. The summed E-state index contributed by atoms with van der Waals surface area (Å²) >= 11 is 0. The molecule has 1 aromatic heterocycles. The summed E-state index contributed by atoms with van der Waals surface area (Å²) in [6.07, 6.45) is 6.60. The van der Waals surface area contributed by atoms with E-state index in [0.717, 1.165) is 22.8 Å². The van der Waals surface area contributed by atoms with Crippen molar-refractivity contribution in [3.8, 4) is 17.2 Å². The lowest BCUT2D eigenvalue weighted by Gasteiger charge is -2.21. The normalized spacial score (nSPS) is 15.9. The van der Waals surface area contributed by atoms with Crippen molar-refractivity contribution < 1.29 is 13.9 Å². The van der Waals surface area contributed by atoms with E-state index in [1.165, 1.54) is 32.1 Å². The smallest absolute Gasteiger partial charge is 0.226 e. The highest BCUT2D eigenvalue weighted by Crippen LogP contribution is 2.26. The van der Waals surface area contributed by atoms with Crippen LogP contribution in [-0.4, -0.2) is 18.2 Å². The lowest BCUT2D eigenvalue weighted by atomic mass is 9.98. The molecule has 2 aromatic rings. The van der Waals surface area contributed by atoms with Gasteiger partial charge in [-0.25, -0.2) is 4.98 Å². The number of rotatable bonds is 5. The van der Waals surface area contributed by atoms with Gasteiger partial charge in [-0.05, 0) is 38.0 Å². The highest BCUT2D eigenvalue weighted by molar-refractivity contribution is 5.56. The van der Waals surface area contributed by atoms with E-state index in [9.17, 15) is 0 Å². The number of aryl methyl sites for hydroxylation is 1. The van der Waals surface area contributed by atoms with Crippen LogP contribution in [0.5, 0.6) is 5.75 Å². The van der Waals surface area contributed by atoms with Crippen molar-refractivity contribution in [2.45, 2.75) is 51.7 Å². The van der Waals surface area contributed by atoms with E-state index >= 15 is 0 Å². The summed E-state index contributed by atoms with van der Waals surface area (Å²) in [6, 6.07) is 7.74. The minimum absolute atomic E-state index is 0.380. The SMILES string of the molecule is COc1cccc(-c2nc(COC3CCCCC3)c(C)o2)c1. The van der Waals surface area contributed by atoms with Crippen LogP contribution in [0.2, 0.25) is 0 Å². The molecule has 0 aliphatic heterocycles. The van der Waals surface area contributed by atoms with Crippen LogP contribution in [0.4, 0.5) is 0 Å². The van der Waals surface area contributed by atoms with Gasteiger partial charge in [0.2, 0.25) is 5.89 Å². The van der Waals surface area contributed by atoms with Gasteiger partial charge in [0, 0.05) is 5.56 Å². The molecule has 3 rings (SSSR count). The van der Waals surface area contributed by atoms with Crippen molar-refractivity contribution in [1.29, 1.82) is 0 Å². The fraction of sp³-hybridized carbons (Fsp3) is 0.500. The zero-order valence-corrected chi connectivity index (χ0v) is 13.3. The Bertz CT molecular complexity index is 615. The molecule has 0 spiro atoms. The van der Waals surface area contributed by atoms with Crippen LogP contribution < -0.4 is 4.74 Å². The summed E-state index contributed by atoms with van der Waals surface area (Å²) in [5.74, 6) is 2.25. The van der Waals surface area contributed by atoms with E-state index in [4.69, 9.17) is 13.9 Å². The topological polar surface area (TPSA) is 44.5 Å². The van der Waals surface area contributed by atoms with Gasteiger partial charge in [-0.2, -0.15) is 0 Å². The van der Waals surface area contributed by atoms with Crippen molar-refractivity contribution in [3.63, 3.8) is 0 Å². The molecule has 0 saturated heterocycles. The lowest BCUT2D eigenvalue weighted by Crippen LogP contribution is -2.16. The first-order chi connectivity index (χ1) is 10.8. The van der Waals surface area contributed by atoms with Crippen molar-refractivity contribution in [2.24, 2.45) is 0 Å². The third-order valence-corrected chi connectivity index (χ3v) is 4.22. The Balaban J connectivity index is 1.69. The number of hydrogen-bond acceptors (Lipinski definition) is 4. The molecule has 0 N–H and O–H groups in total. The maximum Gasteiger partial charge on any atom is 0.226 e. The molecular formula is C18H23NO3. The minimum atomic E-state index is 0.380. The van der Waals surface area contributed by atoms with Gasteiger partial charge in [0.05, 0.1) is 19.8 Å². The molecular weight excluding hydrogens is 278 g/mol. The molecule has 0 bridgehead atoms. The van der Waals surface area contributed by atoms with E-state index in [-0.39, 0.29) is 0 Å². The van der Waals surface area contributed by atoms with E-state index in [2.05, 4.69) is 4.98 Å². The van der Waals surface area contributed by atoms with Crippen LogP contribution in [0.1, 0.15) is 43.6 Å². The molecule has 0 radical (unpaired) electrons. The molecule has 1 saturated carbocycles. The number of methoxy groups -OCH3 is 1. The Hall–Kier alpha value is -1.81. The summed E-state index contributed by atoms with van der Waals surface area (Å²) in [5.41, 5.74) is 1.81. The summed E-state index contributed by atoms with van der Waals surface area (Å²) in [4.78, 5) is 4.59. The number of oxazole rings is 1. The molecule has 1 heterocycles. The molecule has 0 unspecified atom stereocenters. The standard InChI is InChI=1S/C18H23NO3/c1-13-17(12-21-15-8-4-3-5-9-15)19-18(22-13)14-7-6-10-16(11-14)20-2/h6-7,10-11,15H,3-5,8-9,12H2,1-2H3. The molecule has 0 amide bonds. The predicted molar refractivity (Wildman–Crippen MR) is 84.9 cm³/mol. The largest absolute Gasteiger partial charge is 0.497 e. The van der Waals surface area contributed by atoms with Gasteiger partial charge in [0.15, 0.2) is 0 Å². The Morgan fingerprint density at radius 3 is 2.82 bits per heavy atom. The second-order valence-electron chi connectivity index (χ2n) is 5.82. The van der Waals surface area contributed by atoms with E-state index in [1.807, 2.05) is 31.2 Å². The zero-order chi connectivity index (χ0) is 15.4. The van der Waals surface area contributed by atoms with Gasteiger partial charge in [-0.15, -0.1) is 0 Å². The van der Waals surface area contributed by atoms with Crippen molar-refractivity contribution in [1.82, 2.24) is 4.98 Å². The minimum Gasteiger partial charge on any atom is -0.497 e. The highest BCUT2D eigenvalue weighted by Gasteiger charge is 2.17. The molecule has 1 fully saturated rings. The molecule has 1 aromatic carbocycles. The third kappa shape index (κ3) is 3.50. The van der Waals surface area contributed by atoms with Crippen LogP contribution in [0.15, 0.2) is 28.7 Å². The Kier molecular flexibility index (Phi) is 4.78. The molecule has 4 nitrogen and oxygen atoms in total. The van der Waals surface area contributed by atoms with Gasteiger partial charge in [-0.1, -0.05) is 25.3 Å². The fourth-order valence-corrected chi connectivity index (χ4v) is 2.87. The summed E-state index contributed by atoms with van der Waals surface area (Å²) < 4.78 is 17.0. The summed E-state index contributed by atoms with van der Waals surface area (Å²) in [6.45, 7) is 2.47. The first kappa shape index (κ1) is 15.1. The van der Waals surface area contributed by atoms with Crippen LogP contribution in [0.25, 0.3) is 11.5 Å². The maximum atomic E-state index is 6.00. The average Bonchev–Trinajstić information content (AvgIpc) is 2.95. The van der Waals surface area contributed by atoms with Crippen molar-refractivity contribution in [3.05, 3.63) is 35.7 Å². The van der Waals surface area contributed by atoms with Crippen LogP contribution in [0.3, 0.4) is 0 Å². The zero-order valence-electron chi connectivity index (χ0n) is 13.3. The number of benzene rings is 1. The molecule has 0 atom stereocenters. The van der Waals surface area contributed by atoms with Crippen molar-refractivity contribution >= 4 is 0 Å². The lowest BCUT2D eigenvalue weighted by molar-refractivity contribution is 0.0149. The Morgan fingerprint density at radius 2 is 2.05 bits per heavy atom. The second kappa shape index (κ2) is 6.97.